The fourth-order valence-electron chi connectivity index (χ4n) is 1.82. The number of benzene rings is 1. The number of hydrogen-bond donors (Lipinski definition) is 1. The lowest BCUT2D eigenvalue weighted by Crippen LogP contribution is -2.30. The molecular formula is C13H17Br2NO2. The zero-order chi connectivity index (χ0) is 13.9. The van der Waals surface area contributed by atoms with Gasteiger partial charge in [0.05, 0.1) is 12.5 Å². The third-order valence-electron chi connectivity index (χ3n) is 2.83. The summed E-state index contributed by atoms with van der Waals surface area (Å²) in [5.41, 5.74) is 6.56. The van der Waals surface area contributed by atoms with Crippen molar-refractivity contribution in [1.29, 1.82) is 0 Å². The molecule has 100 valence electrons. The number of carbonyl (C=O) groups excluding carboxylic acids is 1. The Labute approximate surface area is 124 Å². The molecule has 0 aliphatic carbocycles. The molecule has 2 N–H and O–H groups in total. The molecule has 0 saturated heterocycles. The van der Waals surface area contributed by atoms with Gasteiger partial charge in [-0.15, -0.1) is 0 Å². The third-order valence-corrected chi connectivity index (χ3v) is 4.04. The van der Waals surface area contributed by atoms with Crippen molar-refractivity contribution in [3.05, 3.63) is 32.7 Å². The van der Waals surface area contributed by atoms with Crippen molar-refractivity contribution in [2.24, 2.45) is 11.1 Å². The van der Waals surface area contributed by atoms with Crippen LogP contribution in [0, 0.1) is 5.41 Å². The van der Waals surface area contributed by atoms with Crippen LogP contribution in [0.25, 0.3) is 0 Å². The second-order valence-corrected chi connectivity index (χ2v) is 6.62. The van der Waals surface area contributed by atoms with E-state index in [2.05, 4.69) is 31.9 Å². The van der Waals surface area contributed by atoms with Gasteiger partial charge in [0.1, 0.15) is 0 Å². The zero-order valence-electron chi connectivity index (χ0n) is 10.7. The summed E-state index contributed by atoms with van der Waals surface area (Å²) in [7, 11) is 1.39. The molecule has 0 spiro atoms. The molecule has 0 bridgehead atoms. The molecule has 0 radical (unpaired) electrons. The molecule has 1 aromatic carbocycles. The Morgan fingerprint density at radius 2 is 2.06 bits per heavy atom. The Kier molecular flexibility index (Phi) is 5.37. The summed E-state index contributed by atoms with van der Waals surface area (Å²) >= 11 is 6.89. The average Bonchev–Trinajstić information content (AvgIpc) is 2.30. The summed E-state index contributed by atoms with van der Waals surface area (Å²) in [5.74, 6) is -0.246. The van der Waals surface area contributed by atoms with E-state index in [-0.39, 0.29) is 12.0 Å². The van der Waals surface area contributed by atoms with Crippen LogP contribution in [0.5, 0.6) is 0 Å². The fourth-order valence-corrected chi connectivity index (χ4v) is 2.74. The van der Waals surface area contributed by atoms with Crippen molar-refractivity contribution in [3.63, 3.8) is 0 Å². The van der Waals surface area contributed by atoms with Crippen LogP contribution in [0.3, 0.4) is 0 Å². The van der Waals surface area contributed by atoms with Crippen LogP contribution in [0.1, 0.15) is 31.9 Å². The van der Waals surface area contributed by atoms with E-state index in [9.17, 15) is 4.79 Å². The standard InChI is InChI=1S/C13H17Br2NO2/c1-13(2,12(17)18-3)7-11(16)9-6-8(14)4-5-10(9)15/h4-6,11H,7,16H2,1-3H3. The SMILES string of the molecule is COC(=O)C(C)(C)CC(N)c1cc(Br)ccc1Br. The highest BCUT2D eigenvalue weighted by molar-refractivity contribution is 9.11. The van der Waals surface area contributed by atoms with Crippen molar-refractivity contribution < 1.29 is 9.53 Å². The van der Waals surface area contributed by atoms with Gasteiger partial charge in [0.2, 0.25) is 0 Å². The number of halogens is 2. The predicted octanol–water partition coefficient (Wildman–Crippen LogP) is 3.80. The van der Waals surface area contributed by atoms with Crippen LogP contribution in [0.2, 0.25) is 0 Å². The van der Waals surface area contributed by atoms with Gasteiger partial charge >= 0.3 is 5.97 Å². The van der Waals surface area contributed by atoms with Crippen molar-refractivity contribution >= 4 is 37.8 Å². The van der Waals surface area contributed by atoms with Gasteiger partial charge in [0.25, 0.3) is 0 Å². The number of rotatable bonds is 4. The second-order valence-electron chi connectivity index (χ2n) is 4.85. The van der Waals surface area contributed by atoms with E-state index < -0.39 is 5.41 Å². The molecule has 0 fully saturated rings. The number of methoxy groups -OCH3 is 1. The number of hydrogen-bond acceptors (Lipinski definition) is 3. The van der Waals surface area contributed by atoms with Gasteiger partial charge < -0.3 is 10.5 Å². The molecule has 0 heterocycles. The van der Waals surface area contributed by atoms with Crippen LogP contribution in [-0.4, -0.2) is 13.1 Å². The number of ether oxygens (including phenoxy) is 1. The number of nitrogens with two attached hydrogens (primary N) is 1. The molecule has 1 atom stereocenters. The monoisotopic (exact) mass is 377 g/mol. The van der Waals surface area contributed by atoms with Crippen LogP contribution < -0.4 is 5.73 Å². The van der Waals surface area contributed by atoms with E-state index in [1.54, 1.807) is 0 Å². The molecule has 0 amide bonds. The van der Waals surface area contributed by atoms with Gasteiger partial charge in [0.15, 0.2) is 0 Å². The highest BCUT2D eigenvalue weighted by Gasteiger charge is 2.31. The maximum Gasteiger partial charge on any atom is 0.311 e. The molecule has 1 unspecified atom stereocenters. The largest absolute Gasteiger partial charge is 0.469 e. The Morgan fingerprint density at radius 3 is 2.61 bits per heavy atom. The third kappa shape index (κ3) is 3.80. The minimum Gasteiger partial charge on any atom is -0.469 e. The Morgan fingerprint density at radius 1 is 1.44 bits per heavy atom. The van der Waals surface area contributed by atoms with Gasteiger partial charge in [0, 0.05) is 15.0 Å². The van der Waals surface area contributed by atoms with E-state index in [0.717, 1.165) is 14.5 Å². The highest BCUT2D eigenvalue weighted by Crippen LogP contribution is 2.34. The number of carbonyl (C=O) groups is 1. The minimum absolute atomic E-state index is 0.231. The summed E-state index contributed by atoms with van der Waals surface area (Å²) in [6.45, 7) is 3.68. The smallest absolute Gasteiger partial charge is 0.311 e. The molecule has 1 aromatic rings. The first kappa shape index (κ1) is 15.7. The molecular weight excluding hydrogens is 362 g/mol. The van der Waals surface area contributed by atoms with Gasteiger partial charge in [-0.1, -0.05) is 31.9 Å². The van der Waals surface area contributed by atoms with Gasteiger partial charge in [-0.25, -0.2) is 0 Å². The molecule has 3 nitrogen and oxygen atoms in total. The van der Waals surface area contributed by atoms with Gasteiger partial charge in [-0.3, -0.25) is 4.79 Å². The highest BCUT2D eigenvalue weighted by atomic mass is 79.9. The van der Waals surface area contributed by atoms with Crippen molar-refractivity contribution in [2.45, 2.75) is 26.3 Å². The summed E-state index contributed by atoms with van der Waals surface area (Å²) in [4.78, 5) is 11.7. The summed E-state index contributed by atoms with van der Waals surface area (Å²) < 4.78 is 6.70. The summed E-state index contributed by atoms with van der Waals surface area (Å²) in [6.07, 6.45) is 0.523. The maximum absolute atomic E-state index is 11.7. The zero-order valence-corrected chi connectivity index (χ0v) is 13.8. The first-order valence-electron chi connectivity index (χ1n) is 5.57. The molecule has 1 rings (SSSR count). The van der Waals surface area contributed by atoms with E-state index >= 15 is 0 Å². The van der Waals surface area contributed by atoms with E-state index in [0.29, 0.717) is 6.42 Å². The Hall–Kier alpha value is -0.390. The van der Waals surface area contributed by atoms with Crippen LogP contribution in [-0.2, 0) is 9.53 Å². The Balaban J connectivity index is 2.91. The maximum atomic E-state index is 11.7. The van der Waals surface area contributed by atoms with Gasteiger partial charge in [-0.05, 0) is 44.0 Å². The first-order valence-corrected chi connectivity index (χ1v) is 7.15. The van der Waals surface area contributed by atoms with E-state index in [4.69, 9.17) is 10.5 Å². The van der Waals surface area contributed by atoms with Crippen LogP contribution in [0.4, 0.5) is 0 Å². The lowest BCUT2D eigenvalue weighted by atomic mass is 9.84. The van der Waals surface area contributed by atoms with Crippen molar-refractivity contribution in [3.8, 4) is 0 Å². The lowest BCUT2D eigenvalue weighted by Gasteiger charge is -2.26. The first-order chi connectivity index (χ1) is 8.27. The summed E-state index contributed by atoms with van der Waals surface area (Å²) in [5, 5.41) is 0. The Bertz CT molecular complexity index is 447. The fraction of sp³-hybridized carbons (Fsp3) is 0.462. The molecule has 0 saturated carbocycles. The average molecular weight is 379 g/mol. The quantitative estimate of drug-likeness (QED) is 0.810. The lowest BCUT2D eigenvalue weighted by molar-refractivity contribution is -0.151. The van der Waals surface area contributed by atoms with Crippen molar-refractivity contribution in [2.75, 3.05) is 7.11 Å². The van der Waals surface area contributed by atoms with E-state index in [1.165, 1.54) is 7.11 Å². The van der Waals surface area contributed by atoms with Gasteiger partial charge in [-0.2, -0.15) is 0 Å². The molecule has 0 aromatic heterocycles. The number of esters is 1. The second kappa shape index (κ2) is 6.17. The molecule has 18 heavy (non-hydrogen) atoms. The topological polar surface area (TPSA) is 52.3 Å². The molecule has 0 aliphatic rings. The van der Waals surface area contributed by atoms with Crippen LogP contribution in [0.15, 0.2) is 27.1 Å². The van der Waals surface area contributed by atoms with Crippen molar-refractivity contribution in [1.82, 2.24) is 0 Å². The molecule has 0 aliphatic heterocycles. The minimum atomic E-state index is -0.601. The summed E-state index contributed by atoms with van der Waals surface area (Å²) in [6, 6.07) is 5.60. The van der Waals surface area contributed by atoms with E-state index in [1.807, 2.05) is 32.0 Å². The normalized spacial score (nSPS) is 13.2. The van der Waals surface area contributed by atoms with Crippen LogP contribution >= 0.6 is 31.9 Å². The molecule has 5 heteroatoms. The predicted molar refractivity (Wildman–Crippen MR) is 79.2 cm³/mol.